The number of aromatic nitrogens is 3. The van der Waals surface area contributed by atoms with E-state index in [-0.39, 0.29) is 11.4 Å². The Morgan fingerprint density at radius 3 is 2.54 bits per heavy atom. The second-order valence-electron chi connectivity index (χ2n) is 9.71. The molecule has 0 aliphatic heterocycles. The first-order valence-corrected chi connectivity index (χ1v) is 13.1. The van der Waals surface area contributed by atoms with Gasteiger partial charge in [-0.1, -0.05) is 51.1 Å². The fourth-order valence-electron chi connectivity index (χ4n) is 4.00. The summed E-state index contributed by atoms with van der Waals surface area (Å²) >= 11 is 1.58. The molecule has 0 saturated heterocycles. The van der Waals surface area contributed by atoms with Gasteiger partial charge in [0, 0.05) is 45.9 Å². The van der Waals surface area contributed by atoms with Crippen molar-refractivity contribution < 1.29 is 9.53 Å². The highest BCUT2D eigenvalue weighted by Gasteiger charge is 2.22. The Hall–Kier alpha value is -4.17. The van der Waals surface area contributed by atoms with Gasteiger partial charge in [-0.25, -0.2) is 9.48 Å². The number of carbonyl (C=O) groups is 1. The number of pyridine rings is 1. The third-order valence-electron chi connectivity index (χ3n) is 5.94. The van der Waals surface area contributed by atoms with Gasteiger partial charge in [-0.3, -0.25) is 10.3 Å². The normalized spacial score (nSPS) is 11.4. The van der Waals surface area contributed by atoms with Crippen LogP contribution in [-0.4, -0.2) is 27.4 Å². The zero-order valence-corrected chi connectivity index (χ0v) is 21.9. The van der Waals surface area contributed by atoms with Crippen molar-refractivity contribution >= 4 is 39.6 Å². The zero-order chi connectivity index (χ0) is 25.8. The smallest absolute Gasteiger partial charge is 0.324 e. The molecular formula is C29H29N5O2S. The molecule has 188 valence electrons. The van der Waals surface area contributed by atoms with Crippen molar-refractivity contribution in [3.8, 4) is 11.4 Å². The van der Waals surface area contributed by atoms with E-state index in [0.717, 1.165) is 33.6 Å². The van der Waals surface area contributed by atoms with Gasteiger partial charge >= 0.3 is 6.03 Å². The van der Waals surface area contributed by atoms with Crippen LogP contribution >= 0.6 is 11.3 Å². The molecule has 3 aromatic heterocycles. The fourth-order valence-corrected chi connectivity index (χ4v) is 4.61. The van der Waals surface area contributed by atoms with E-state index in [0.29, 0.717) is 24.5 Å². The largest absolute Gasteiger partial charge is 0.493 e. The SMILES string of the molecule is CC(C)(C)c1cc(NC(=O)Nc2ccc(OCCc3ccccn3)c3ccccc23)n(-c2ccsc2)n1. The zero-order valence-electron chi connectivity index (χ0n) is 21.1. The minimum Gasteiger partial charge on any atom is -0.493 e. The van der Waals surface area contributed by atoms with Gasteiger partial charge in [-0.05, 0) is 35.7 Å². The molecule has 0 spiro atoms. The molecule has 0 unspecified atom stereocenters. The Morgan fingerprint density at radius 1 is 1.00 bits per heavy atom. The van der Waals surface area contributed by atoms with Crippen LogP contribution in [0.1, 0.15) is 32.2 Å². The first-order valence-electron chi connectivity index (χ1n) is 12.1. The summed E-state index contributed by atoms with van der Waals surface area (Å²) in [7, 11) is 0. The Labute approximate surface area is 220 Å². The Morgan fingerprint density at radius 2 is 1.81 bits per heavy atom. The van der Waals surface area contributed by atoms with E-state index in [9.17, 15) is 4.79 Å². The minimum atomic E-state index is -0.342. The molecule has 0 radical (unpaired) electrons. The average Bonchev–Trinajstić information content (AvgIpc) is 3.56. The fraction of sp³-hybridized carbons (Fsp3) is 0.207. The summed E-state index contributed by atoms with van der Waals surface area (Å²) in [6.07, 6.45) is 2.50. The summed E-state index contributed by atoms with van der Waals surface area (Å²) in [5, 5.41) is 16.6. The van der Waals surface area contributed by atoms with E-state index >= 15 is 0 Å². The van der Waals surface area contributed by atoms with Crippen molar-refractivity contribution in [3.05, 3.63) is 95.1 Å². The highest BCUT2D eigenvalue weighted by Crippen LogP contribution is 2.32. The quantitative estimate of drug-likeness (QED) is 0.245. The van der Waals surface area contributed by atoms with Gasteiger partial charge < -0.3 is 10.1 Å². The lowest BCUT2D eigenvalue weighted by Crippen LogP contribution is -2.21. The molecule has 37 heavy (non-hydrogen) atoms. The van der Waals surface area contributed by atoms with E-state index < -0.39 is 0 Å². The molecule has 8 heteroatoms. The van der Waals surface area contributed by atoms with Crippen LogP contribution in [-0.2, 0) is 11.8 Å². The number of hydrogen-bond acceptors (Lipinski definition) is 5. The molecule has 2 N–H and O–H groups in total. The number of nitrogens with zero attached hydrogens (tertiary/aromatic N) is 3. The van der Waals surface area contributed by atoms with Gasteiger partial charge in [0.05, 0.1) is 23.7 Å². The van der Waals surface area contributed by atoms with E-state index in [1.54, 1.807) is 22.2 Å². The highest BCUT2D eigenvalue weighted by atomic mass is 32.1. The van der Waals surface area contributed by atoms with Gasteiger partial charge in [-0.15, -0.1) is 0 Å². The van der Waals surface area contributed by atoms with Crippen molar-refractivity contribution in [2.45, 2.75) is 32.6 Å². The average molecular weight is 512 g/mol. The first kappa shape index (κ1) is 24.5. The van der Waals surface area contributed by atoms with Gasteiger partial charge in [0.15, 0.2) is 0 Å². The number of fused-ring (bicyclic) bond motifs is 1. The van der Waals surface area contributed by atoms with E-state index in [1.165, 1.54) is 0 Å². The number of ether oxygens (including phenoxy) is 1. The third-order valence-corrected chi connectivity index (χ3v) is 6.62. The maximum atomic E-state index is 13.1. The van der Waals surface area contributed by atoms with Crippen molar-refractivity contribution in [2.75, 3.05) is 17.2 Å². The predicted molar refractivity (Wildman–Crippen MR) is 150 cm³/mol. The maximum Gasteiger partial charge on any atom is 0.324 e. The molecule has 5 rings (SSSR count). The number of amides is 2. The molecule has 0 bridgehead atoms. The van der Waals surface area contributed by atoms with Crippen molar-refractivity contribution in [1.82, 2.24) is 14.8 Å². The van der Waals surface area contributed by atoms with Gasteiger partial charge in [0.2, 0.25) is 0 Å². The molecule has 2 aromatic carbocycles. The number of benzene rings is 2. The lowest BCUT2D eigenvalue weighted by Gasteiger charge is -2.14. The van der Waals surface area contributed by atoms with Gasteiger partial charge in [0.1, 0.15) is 11.6 Å². The molecule has 0 atom stereocenters. The van der Waals surface area contributed by atoms with Crippen LogP contribution in [0, 0.1) is 0 Å². The topological polar surface area (TPSA) is 81.1 Å². The predicted octanol–water partition coefficient (Wildman–Crippen LogP) is 7.05. The maximum absolute atomic E-state index is 13.1. The second kappa shape index (κ2) is 10.4. The summed E-state index contributed by atoms with van der Waals surface area (Å²) < 4.78 is 7.86. The van der Waals surface area contributed by atoms with Gasteiger partial charge in [0.25, 0.3) is 0 Å². The van der Waals surface area contributed by atoms with Crippen LogP contribution in [0.5, 0.6) is 5.75 Å². The number of thiophene rings is 1. The first-order chi connectivity index (χ1) is 17.9. The number of carbonyl (C=O) groups excluding carboxylic acids is 1. The molecule has 0 aliphatic rings. The lowest BCUT2D eigenvalue weighted by atomic mass is 9.92. The lowest BCUT2D eigenvalue weighted by molar-refractivity contribution is 0.262. The number of urea groups is 1. The molecular weight excluding hydrogens is 482 g/mol. The molecule has 2 amide bonds. The standard InChI is InChI=1S/C29H29N5O2S/c1-29(2,3)26-18-27(34(33-26)21-14-17-37-19-21)32-28(35)31-24-11-12-25(23-10-5-4-9-22(23)24)36-16-13-20-8-6-7-15-30-20/h4-12,14-15,17-19H,13,16H2,1-3H3,(H2,31,32,35). The Bertz CT molecular complexity index is 1500. The summed E-state index contributed by atoms with van der Waals surface area (Å²) in [4.78, 5) is 17.5. The van der Waals surface area contributed by atoms with Crippen LogP contribution in [0.2, 0.25) is 0 Å². The van der Waals surface area contributed by atoms with Crippen molar-refractivity contribution in [1.29, 1.82) is 0 Å². The van der Waals surface area contributed by atoms with E-state index in [4.69, 9.17) is 9.84 Å². The van der Waals surface area contributed by atoms with Crippen LogP contribution in [0.4, 0.5) is 16.3 Å². The molecule has 0 fully saturated rings. The van der Waals surface area contributed by atoms with Crippen LogP contribution in [0.15, 0.2) is 83.7 Å². The molecule has 0 aliphatic carbocycles. The monoisotopic (exact) mass is 511 g/mol. The summed E-state index contributed by atoms with van der Waals surface area (Å²) in [6, 6.07) is 21.1. The third kappa shape index (κ3) is 5.65. The Kier molecular flexibility index (Phi) is 6.92. The molecule has 5 aromatic rings. The number of anilines is 2. The second-order valence-corrected chi connectivity index (χ2v) is 10.5. The molecule has 7 nitrogen and oxygen atoms in total. The van der Waals surface area contributed by atoms with Gasteiger partial charge in [-0.2, -0.15) is 16.4 Å². The summed E-state index contributed by atoms with van der Waals surface area (Å²) in [5.41, 5.74) is 3.33. The summed E-state index contributed by atoms with van der Waals surface area (Å²) in [6.45, 7) is 6.81. The summed E-state index contributed by atoms with van der Waals surface area (Å²) in [5.74, 6) is 1.38. The number of rotatable bonds is 7. The number of hydrogen-bond donors (Lipinski definition) is 2. The van der Waals surface area contributed by atoms with Crippen LogP contribution < -0.4 is 15.4 Å². The van der Waals surface area contributed by atoms with E-state index in [2.05, 4.69) is 36.4 Å². The highest BCUT2D eigenvalue weighted by molar-refractivity contribution is 7.08. The molecule has 0 saturated carbocycles. The minimum absolute atomic E-state index is 0.156. The Balaban J connectivity index is 1.34. The van der Waals surface area contributed by atoms with Crippen LogP contribution in [0.3, 0.4) is 0 Å². The van der Waals surface area contributed by atoms with E-state index in [1.807, 2.05) is 77.5 Å². The number of nitrogens with one attached hydrogen (secondary N) is 2. The molecule has 3 heterocycles. The van der Waals surface area contributed by atoms with Crippen molar-refractivity contribution in [2.24, 2.45) is 0 Å². The van der Waals surface area contributed by atoms with Crippen LogP contribution in [0.25, 0.3) is 16.5 Å². The van der Waals surface area contributed by atoms with Crippen molar-refractivity contribution in [3.63, 3.8) is 0 Å².